The van der Waals surface area contributed by atoms with E-state index in [0.717, 1.165) is 6.07 Å². The Labute approximate surface area is 108 Å². The fourth-order valence-electron chi connectivity index (χ4n) is 1.31. The minimum absolute atomic E-state index is 0.186. The molecular formula is C12H12O7. The summed E-state index contributed by atoms with van der Waals surface area (Å²) < 4.78 is 4.97. The molecule has 1 aromatic carbocycles. The van der Waals surface area contributed by atoms with Crippen LogP contribution < -0.4 is 0 Å². The van der Waals surface area contributed by atoms with E-state index in [1.807, 2.05) is 0 Å². The van der Waals surface area contributed by atoms with E-state index in [4.69, 9.17) is 20.1 Å². The van der Waals surface area contributed by atoms with Crippen LogP contribution in [0.3, 0.4) is 0 Å². The summed E-state index contributed by atoms with van der Waals surface area (Å²) in [6, 6.07) is 3.50. The maximum Gasteiger partial charge on any atom is 0.335 e. The number of carbonyl (C=O) groups is 3. The molecule has 0 bridgehead atoms. The molecule has 0 aliphatic heterocycles. The molecule has 1 atom stereocenters. The van der Waals surface area contributed by atoms with Gasteiger partial charge in [-0.2, -0.15) is 0 Å². The number of ether oxygens (including phenoxy) is 1. The van der Waals surface area contributed by atoms with E-state index in [0.29, 0.717) is 0 Å². The monoisotopic (exact) mass is 268 g/mol. The Bertz CT molecular complexity index is 489. The van der Waals surface area contributed by atoms with Crippen molar-refractivity contribution < 1.29 is 34.4 Å². The first-order valence-electron chi connectivity index (χ1n) is 5.26. The highest BCUT2D eigenvalue weighted by molar-refractivity contribution is 5.94. The average Bonchev–Trinajstić information content (AvgIpc) is 2.35. The molecule has 0 amide bonds. The Kier molecular flexibility index (Phi) is 4.60. The van der Waals surface area contributed by atoms with Crippen LogP contribution in [-0.4, -0.2) is 39.3 Å². The van der Waals surface area contributed by atoms with E-state index in [1.165, 1.54) is 19.1 Å². The molecule has 0 spiro atoms. The summed E-state index contributed by atoms with van der Waals surface area (Å²) in [5.74, 6) is -3.70. The van der Waals surface area contributed by atoms with Crippen molar-refractivity contribution in [3.63, 3.8) is 0 Å². The Morgan fingerprint density at radius 3 is 1.89 bits per heavy atom. The molecule has 0 heterocycles. The lowest BCUT2D eigenvalue weighted by Gasteiger charge is -2.09. The van der Waals surface area contributed by atoms with E-state index in [2.05, 4.69) is 0 Å². The summed E-state index contributed by atoms with van der Waals surface area (Å²) in [7, 11) is 0. The number of hydrogen-bond acceptors (Lipinski definition) is 4. The minimum Gasteiger partial charge on any atom is -0.479 e. The third kappa shape index (κ3) is 4.07. The second kappa shape index (κ2) is 5.96. The second-order valence-electron chi connectivity index (χ2n) is 3.82. The molecule has 1 rings (SSSR count). The number of aromatic carboxylic acids is 2. The van der Waals surface area contributed by atoms with E-state index in [-0.39, 0.29) is 23.3 Å². The van der Waals surface area contributed by atoms with Crippen molar-refractivity contribution >= 4 is 17.9 Å². The largest absolute Gasteiger partial charge is 0.479 e. The molecule has 0 aliphatic rings. The number of benzene rings is 1. The quantitative estimate of drug-likeness (QED) is 0.705. The third-order valence-corrected chi connectivity index (χ3v) is 2.33. The van der Waals surface area contributed by atoms with Crippen molar-refractivity contribution in [1.82, 2.24) is 0 Å². The predicted octanol–water partition coefficient (Wildman–Crippen LogP) is 1.07. The van der Waals surface area contributed by atoms with Crippen molar-refractivity contribution in [2.24, 2.45) is 0 Å². The number of carboxylic acids is 3. The lowest BCUT2D eigenvalue weighted by atomic mass is 10.1. The van der Waals surface area contributed by atoms with Gasteiger partial charge in [-0.25, -0.2) is 14.4 Å². The van der Waals surface area contributed by atoms with Gasteiger partial charge in [0.2, 0.25) is 0 Å². The van der Waals surface area contributed by atoms with Gasteiger partial charge >= 0.3 is 17.9 Å². The van der Waals surface area contributed by atoms with Gasteiger partial charge in [-0.1, -0.05) is 0 Å². The van der Waals surface area contributed by atoms with Gasteiger partial charge in [0.05, 0.1) is 17.7 Å². The smallest absolute Gasteiger partial charge is 0.335 e. The summed E-state index contributed by atoms with van der Waals surface area (Å²) in [5, 5.41) is 26.3. The highest BCUT2D eigenvalue weighted by Gasteiger charge is 2.14. The van der Waals surface area contributed by atoms with E-state index < -0.39 is 24.0 Å². The Morgan fingerprint density at radius 1 is 1.05 bits per heavy atom. The second-order valence-corrected chi connectivity index (χ2v) is 3.82. The average molecular weight is 268 g/mol. The van der Waals surface area contributed by atoms with Gasteiger partial charge < -0.3 is 20.1 Å². The molecule has 0 fully saturated rings. The highest BCUT2D eigenvalue weighted by Crippen LogP contribution is 2.13. The van der Waals surface area contributed by atoms with Crippen LogP contribution in [-0.2, 0) is 16.1 Å². The molecule has 0 aromatic heterocycles. The van der Waals surface area contributed by atoms with Crippen LogP contribution in [0.15, 0.2) is 18.2 Å². The number of hydrogen-bond donors (Lipinski definition) is 3. The van der Waals surface area contributed by atoms with Gasteiger partial charge in [-0.15, -0.1) is 0 Å². The van der Waals surface area contributed by atoms with Crippen LogP contribution in [0.4, 0.5) is 0 Å². The van der Waals surface area contributed by atoms with Crippen molar-refractivity contribution in [2.75, 3.05) is 0 Å². The summed E-state index contributed by atoms with van der Waals surface area (Å²) in [6.45, 7) is 1.14. The van der Waals surface area contributed by atoms with E-state index >= 15 is 0 Å². The molecule has 1 aromatic rings. The molecule has 0 radical (unpaired) electrons. The van der Waals surface area contributed by atoms with Crippen molar-refractivity contribution in [3.05, 3.63) is 34.9 Å². The zero-order valence-electron chi connectivity index (χ0n) is 9.99. The highest BCUT2D eigenvalue weighted by atomic mass is 16.5. The fraction of sp³-hybridized carbons (Fsp3) is 0.250. The first-order chi connectivity index (χ1) is 8.81. The zero-order valence-corrected chi connectivity index (χ0v) is 9.99. The third-order valence-electron chi connectivity index (χ3n) is 2.33. The fourth-order valence-corrected chi connectivity index (χ4v) is 1.31. The first-order valence-corrected chi connectivity index (χ1v) is 5.26. The van der Waals surface area contributed by atoms with Crippen LogP contribution >= 0.6 is 0 Å². The maximum atomic E-state index is 10.8. The summed E-state index contributed by atoms with van der Waals surface area (Å²) in [6.07, 6.45) is -1.07. The van der Waals surface area contributed by atoms with Gasteiger partial charge in [0.1, 0.15) is 0 Å². The molecule has 7 heteroatoms. The standard InChI is InChI=1S/C12H12O7/c1-6(10(13)14)19-5-7-2-8(11(15)16)4-9(3-7)12(17)18/h2-4,6H,5H2,1H3,(H,13,14)(H,15,16)(H,17,18)/t6-/m0/s1. The normalized spacial score (nSPS) is 11.8. The lowest BCUT2D eigenvalue weighted by molar-refractivity contribution is -0.149. The van der Waals surface area contributed by atoms with Crippen molar-refractivity contribution in [3.8, 4) is 0 Å². The molecule has 0 saturated heterocycles. The lowest BCUT2D eigenvalue weighted by Crippen LogP contribution is -2.19. The summed E-state index contributed by atoms with van der Waals surface area (Å²) >= 11 is 0. The summed E-state index contributed by atoms with van der Waals surface area (Å²) in [4.78, 5) is 32.3. The predicted molar refractivity (Wildman–Crippen MR) is 62.2 cm³/mol. The van der Waals surface area contributed by atoms with Crippen molar-refractivity contribution in [2.45, 2.75) is 19.6 Å². The topological polar surface area (TPSA) is 121 Å². The SMILES string of the molecule is C[C@H](OCc1cc(C(=O)O)cc(C(=O)O)c1)C(=O)O. The number of carboxylic acid groups (broad SMARTS) is 3. The molecule has 0 unspecified atom stereocenters. The molecule has 0 saturated carbocycles. The van der Waals surface area contributed by atoms with Gasteiger partial charge in [0.15, 0.2) is 6.10 Å². The first kappa shape index (κ1) is 14.7. The van der Waals surface area contributed by atoms with Gasteiger partial charge in [-0.05, 0) is 30.7 Å². The van der Waals surface area contributed by atoms with Crippen LogP contribution in [0.25, 0.3) is 0 Å². The molecular weight excluding hydrogens is 256 g/mol. The van der Waals surface area contributed by atoms with Gasteiger partial charge in [0, 0.05) is 0 Å². The van der Waals surface area contributed by atoms with E-state index in [1.54, 1.807) is 0 Å². The molecule has 0 aliphatic carbocycles. The zero-order chi connectivity index (χ0) is 14.6. The van der Waals surface area contributed by atoms with Crippen LogP contribution in [0, 0.1) is 0 Å². The number of rotatable bonds is 6. The molecule has 3 N–H and O–H groups in total. The Hall–Kier alpha value is -2.41. The minimum atomic E-state index is -1.27. The molecule has 102 valence electrons. The van der Waals surface area contributed by atoms with E-state index in [9.17, 15) is 14.4 Å². The van der Waals surface area contributed by atoms with Gasteiger partial charge in [0.25, 0.3) is 0 Å². The van der Waals surface area contributed by atoms with Crippen LogP contribution in [0.5, 0.6) is 0 Å². The molecule has 7 nitrogen and oxygen atoms in total. The van der Waals surface area contributed by atoms with Gasteiger partial charge in [-0.3, -0.25) is 0 Å². The Balaban J connectivity index is 2.97. The van der Waals surface area contributed by atoms with Crippen LogP contribution in [0.2, 0.25) is 0 Å². The summed E-state index contributed by atoms with van der Waals surface area (Å²) in [5.41, 5.74) is -0.103. The number of aliphatic carboxylic acids is 1. The molecule has 19 heavy (non-hydrogen) atoms. The Morgan fingerprint density at radius 2 is 1.53 bits per heavy atom. The maximum absolute atomic E-state index is 10.8. The van der Waals surface area contributed by atoms with Crippen molar-refractivity contribution in [1.29, 1.82) is 0 Å². The van der Waals surface area contributed by atoms with Crippen LogP contribution in [0.1, 0.15) is 33.2 Å².